The Kier molecular flexibility index (Phi) is 9.87. The van der Waals surface area contributed by atoms with Gasteiger partial charge in [-0.3, -0.25) is 13.9 Å². The van der Waals surface area contributed by atoms with Gasteiger partial charge in [-0.2, -0.15) is 0 Å². The fourth-order valence-corrected chi connectivity index (χ4v) is 6.59. The molecule has 7 nitrogen and oxygen atoms in total. The molecule has 0 aromatic heterocycles. The Balaban J connectivity index is 1.69. The van der Waals surface area contributed by atoms with Crippen LogP contribution in [0, 0.1) is 6.92 Å². The smallest absolute Gasteiger partial charge is 0.264 e. The van der Waals surface area contributed by atoms with E-state index in [4.69, 9.17) is 11.6 Å². The fourth-order valence-electron chi connectivity index (χ4n) is 5.03. The molecule has 1 aliphatic carbocycles. The highest BCUT2D eigenvalue weighted by molar-refractivity contribution is 7.92. The second kappa shape index (κ2) is 13.3. The third kappa shape index (κ3) is 7.23. The van der Waals surface area contributed by atoms with Crippen molar-refractivity contribution in [2.75, 3.05) is 10.8 Å². The number of carbonyl (C=O) groups is 2. The summed E-state index contributed by atoms with van der Waals surface area (Å²) in [6.07, 6.45) is 4.36. The minimum atomic E-state index is -4.08. The highest BCUT2D eigenvalue weighted by Crippen LogP contribution is 2.26. The molecule has 0 radical (unpaired) electrons. The molecule has 1 N–H and O–H groups in total. The van der Waals surface area contributed by atoms with Crippen molar-refractivity contribution in [2.24, 2.45) is 0 Å². The van der Waals surface area contributed by atoms with Crippen LogP contribution in [0.4, 0.5) is 5.69 Å². The molecule has 0 unspecified atom stereocenters. The van der Waals surface area contributed by atoms with Crippen molar-refractivity contribution in [1.82, 2.24) is 10.2 Å². The van der Waals surface area contributed by atoms with Gasteiger partial charge < -0.3 is 10.2 Å². The summed E-state index contributed by atoms with van der Waals surface area (Å²) < 4.78 is 28.8. The number of sulfonamides is 1. The Hall–Kier alpha value is -3.36. The SMILES string of the molecule is CC[C@@H](C(=O)NC1CCCC1)N(Cc1ccc(Cl)cc1)C(=O)CN(c1ccc(C)cc1)S(=O)(=O)c1ccccc1. The molecule has 1 aliphatic rings. The van der Waals surface area contributed by atoms with E-state index in [0.29, 0.717) is 17.1 Å². The Bertz CT molecular complexity index is 1390. The van der Waals surface area contributed by atoms with Crippen molar-refractivity contribution >= 4 is 39.1 Å². The van der Waals surface area contributed by atoms with E-state index in [9.17, 15) is 18.0 Å². The third-order valence-corrected chi connectivity index (χ3v) is 9.33. The molecule has 2 amide bonds. The predicted molar refractivity (Wildman–Crippen MR) is 159 cm³/mol. The number of hydrogen-bond donors (Lipinski definition) is 1. The number of amides is 2. The maximum absolute atomic E-state index is 14.1. The lowest BCUT2D eigenvalue weighted by Crippen LogP contribution is -2.53. The zero-order chi connectivity index (χ0) is 28.7. The van der Waals surface area contributed by atoms with Crippen molar-refractivity contribution in [1.29, 1.82) is 0 Å². The third-order valence-electron chi connectivity index (χ3n) is 7.29. The molecule has 0 spiro atoms. The maximum atomic E-state index is 14.1. The second-order valence-electron chi connectivity index (χ2n) is 10.2. The summed E-state index contributed by atoms with van der Waals surface area (Å²) in [6, 6.07) is 21.5. The molecule has 212 valence electrons. The average molecular weight is 582 g/mol. The molecule has 1 atom stereocenters. The van der Waals surface area contributed by atoms with Gasteiger partial charge in [-0.05, 0) is 68.1 Å². The number of hydrogen-bond acceptors (Lipinski definition) is 4. The Morgan fingerprint density at radius 2 is 1.57 bits per heavy atom. The number of anilines is 1. The van der Waals surface area contributed by atoms with Gasteiger partial charge in [0.1, 0.15) is 12.6 Å². The highest BCUT2D eigenvalue weighted by Gasteiger charge is 2.34. The molecule has 40 heavy (non-hydrogen) atoms. The van der Waals surface area contributed by atoms with E-state index in [1.54, 1.807) is 42.5 Å². The minimum absolute atomic E-state index is 0.0821. The average Bonchev–Trinajstić information content (AvgIpc) is 3.46. The van der Waals surface area contributed by atoms with E-state index in [1.807, 2.05) is 38.1 Å². The van der Waals surface area contributed by atoms with Crippen LogP contribution in [0.5, 0.6) is 0 Å². The van der Waals surface area contributed by atoms with E-state index < -0.39 is 28.5 Å². The normalized spacial score (nSPS) is 14.5. The summed E-state index contributed by atoms with van der Waals surface area (Å²) in [7, 11) is -4.08. The number of nitrogens with one attached hydrogen (secondary N) is 1. The molecular formula is C31H36ClN3O4S. The molecule has 1 saturated carbocycles. The minimum Gasteiger partial charge on any atom is -0.352 e. The zero-order valence-corrected chi connectivity index (χ0v) is 24.5. The first kappa shape index (κ1) is 29.6. The molecule has 4 rings (SSSR count). The molecule has 3 aromatic rings. The van der Waals surface area contributed by atoms with E-state index in [-0.39, 0.29) is 23.4 Å². The Morgan fingerprint density at radius 3 is 2.17 bits per heavy atom. The molecule has 1 fully saturated rings. The zero-order valence-electron chi connectivity index (χ0n) is 22.9. The van der Waals surface area contributed by atoms with E-state index >= 15 is 0 Å². The Labute approximate surface area is 242 Å². The van der Waals surface area contributed by atoms with Crippen LogP contribution in [-0.4, -0.2) is 43.8 Å². The Morgan fingerprint density at radius 1 is 0.950 bits per heavy atom. The molecule has 0 bridgehead atoms. The topological polar surface area (TPSA) is 86.8 Å². The first-order valence-corrected chi connectivity index (χ1v) is 15.5. The summed E-state index contributed by atoms with van der Waals surface area (Å²) >= 11 is 6.08. The van der Waals surface area contributed by atoms with Crippen LogP contribution >= 0.6 is 11.6 Å². The van der Waals surface area contributed by atoms with Crippen LogP contribution < -0.4 is 9.62 Å². The van der Waals surface area contributed by atoms with Crippen molar-refractivity contribution in [3.05, 3.63) is 95.0 Å². The van der Waals surface area contributed by atoms with E-state index in [2.05, 4.69) is 5.32 Å². The van der Waals surface area contributed by atoms with Crippen molar-refractivity contribution < 1.29 is 18.0 Å². The molecule has 9 heteroatoms. The van der Waals surface area contributed by atoms with Gasteiger partial charge in [0.05, 0.1) is 10.6 Å². The van der Waals surface area contributed by atoms with Crippen LogP contribution in [0.1, 0.15) is 50.2 Å². The molecule has 0 saturated heterocycles. The fraction of sp³-hybridized carbons (Fsp3) is 0.355. The first-order valence-electron chi connectivity index (χ1n) is 13.7. The highest BCUT2D eigenvalue weighted by atomic mass is 35.5. The van der Waals surface area contributed by atoms with E-state index in [0.717, 1.165) is 41.1 Å². The van der Waals surface area contributed by atoms with Gasteiger partial charge >= 0.3 is 0 Å². The van der Waals surface area contributed by atoms with Crippen molar-refractivity contribution in [2.45, 2.75) is 69.5 Å². The molecular weight excluding hydrogens is 546 g/mol. The van der Waals surface area contributed by atoms with Gasteiger partial charge in [-0.15, -0.1) is 0 Å². The van der Waals surface area contributed by atoms with Crippen LogP contribution in [0.15, 0.2) is 83.8 Å². The van der Waals surface area contributed by atoms with Gasteiger partial charge in [0.2, 0.25) is 11.8 Å². The number of carbonyl (C=O) groups excluding carboxylic acids is 2. The lowest BCUT2D eigenvalue weighted by molar-refractivity contribution is -0.140. The van der Waals surface area contributed by atoms with Gasteiger partial charge in [0, 0.05) is 17.6 Å². The summed E-state index contributed by atoms with van der Waals surface area (Å²) in [5.74, 6) is -0.687. The number of benzene rings is 3. The van der Waals surface area contributed by atoms with Gasteiger partial charge in [-0.25, -0.2) is 8.42 Å². The van der Waals surface area contributed by atoms with Gasteiger partial charge in [-0.1, -0.05) is 79.4 Å². The van der Waals surface area contributed by atoms with Gasteiger partial charge in [0.15, 0.2) is 0 Å². The summed E-state index contributed by atoms with van der Waals surface area (Å²) in [4.78, 5) is 29.2. The summed E-state index contributed by atoms with van der Waals surface area (Å²) in [6.45, 7) is 3.45. The largest absolute Gasteiger partial charge is 0.352 e. The van der Waals surface area contributed by atoms with E-state index in [1.165, 1.54) is 17.0 Å². The second-order valence-corrected chi connectivity index (χ2v) is 12.5. The van der Waals surface area contributed by atoms with Crippen LogP contribution in [0.2, 0.25) is 5.02 Å². The maximum Gasteiger partial charge on any atom is 0.264 e. The van der Waals surface area contributed by atoms with Crippen LogP contribution in [0.25, 0.3) is 0 Å². The number of nitrogens with zero attached hydrogens (tertiary/aromatic N) is 2. The first-order chi connectivity index (χ1) is 19.2. The van der Waals surface area contributed by atoms with Crippen LogP contribution in [0.3, 0.4) is 0 Å². The van der Waals surface area contributed by atoms with Crippen molar-refractivity contribution in [3.8, 4) is 0 Å². The monoisotopic (exact) mass is 581 g/mol. The standard InChI is InChI=1S/C31H36ClN3O4S/c1-3-29(31(37)33-26-9-7-8-10-26)34(21-24-15-17-25(32)18-16-24)30(36)22-35(27-19-13-23(2)14-20-27)40(38,39)28-11-5-4-6-12-28/h4-6,11-20,26,29H,3,7-10,21-22H2,1-2H3,(H,33,37)/t29-/m0/s1. The number of rotatable bonds is 11. The number of aryl methyl sites for hydroxylation is 1. The predicted octanol–water partition coefficient (Wildman–Crippen LogP) is 5.71. The summed E-state index contributed by atoms with van der Waals surface area (Å²) in [5, 5.41) is 3.68. The lowest BCUT2D eigenvalue weighted by atomic mass is 10.1. The summed E-state index contributed by atoms with van der Waals surface area (Å²) in [5.41, 5.74) is 2.13. The number of halogens is 1. The van der Waals surface area contributed by atoms with Crippen LogP contribution in [-0.2, 0) is 26.2 Å². The quantitative estimate of drug-likeness (QED) is 0.314. The molecule has 0 aliphatic heterocycles. The van der Waals surface area contributed by atoms with Crippen molar-refractivity contribution in [3.63, 3.8) is 0 Å². The lowest BCUT2D eigenvalue weighted by Gasteiger charge is -2.33. The molecule has 0 heterocycles. The molecule has 3 aromatic carbocycles. The van der Waals surface area contributed by atoms with Gasteiger partial charge in [0.25, 0.3) is 10.0 Å².